The molecule has 6 nitrogen and oxygen atoms in total. The van der Waals surface area contributed by atoms with Crippen LogP contribution in [-0.4, -0.2) is 56.0 Å². The van der Waals surface area contributed by atoms with Crippen LogP contribution in [0.15, 0.2) is 22.5 Å². The van der Waals surface area contributed by atoms with Crippen LogP contribution in [0.4, 0.5) is 0 Å². The maximum atomic E-state index is 11.0. The van der Waals surface area contributed by atoms with Crippen LogP contribution in [0.1, 0.15) is 30.6 Å². The number of carbonyl (C=O) groups excluding carboxylic acids is 1. The summed E-state index contributed by atoms with van der Waals surface area (Å²) in [6.07, 6.45) is 1.99. The van der Waals surface area contributed by atoms with Crippen LogP contribution in [0.2, 0.25) is 0 Å². The van der Waals surface area contributed by atoms with Crippen molar-refractivity contribution in [2.24, 2.45) is 10.7 Å². The molecule has 2 rings (SSSR count). The Kier molecular flexibility index (Phi) is 6.85. The number of carbonyl (C=O) groups is 1. The van der Waals surface area contributed by atoms with Crippen molar-refractivity contribution < 1.29 is 4.79 Å². The second-order valence-corrected chi connectivity index (χ2v) is 7.01. The number of hydrogen-bond donors (Lipinski definition) is 3. The molecule has 1 amide bonds. The number of rotatable bonds is 6. The molecule has 1 unspecified atom stereocenters. The number of likely N-dealkylation sites (tertiary alicyclic amines) is 1. The highest BCUT2D eigenvalue weighted by molar-refractivity contribution is 7.10. The second-order valence-electron chi connectivity index (χ2n) is 6.03. The molecule has 128 valence electrons. The minimum atomic E-state index is -0.253. The third-order valence-electron chi connectivity index (χ3n) is 4.14. The van der Waals surface area contributed by atoms with E-state index in [4.69, 9.17) is 5.73 Å². The van der Waals surface area contributed by atoms with E-state index in [1.54, 1.807) is 18.4 Å². The number of nitrogens with two attached hydrogens (primary N) is 1. The topological polar surface area (TPSA) is 82.8 Å². The van der Waals surface area contributed by atoms with Gasteiger partial charge in [0.2, 0.25) is 5.91 Å². The average molecular weight is 337 g/mol. The van der Waals surface area contributed by atoms with Gasteiger partial charge in [-0.25, -0.2) is 0 Å². The van der Waals surface area contributed by atoms with Gasteiger partial charge < -0.3 is 16.4 Å². The van der Waals surface area contributed by atoms with E-state index in [9.17, 15) is 4.79 Å². The summed E-state index contributed by atoms with van der Waals surface area (Å²) in [5.41, 5.74) is 5.24. The molecule has 1 aliphatic heterocycles. The molecule has 23 heavy (non-hydrogen) atoms. The Morgan fingerprint density at radius 2 is 2.26 bits per heavy atom. The second kappa shape index (κ2) is 8.88. The van der Waals surface area contributed by atoms with Gasteiger partial charge in [0.15, 0.2) is 5.96 Å². The summed E-state index contributed by atoms with van der Waals surface area (Å²) in [7, 11) is 1.80. The molecule has 2 heterocycles. The van der Waals surface area contributed by atoms with E-state index < -0.39 is 0 Å². The maximum Gasteiger partial charge on any atom is 0.231 e. The number of primary amides is 1. The predicted octanol–water partition coefficient (Wildman–Crippen LogP) is 0.966. The molecule has 0 radical (unpaired) electrons. The molecule has 1 aliphatic rings. The summed E-state index contributed by atoms with van der Waals surface area (Å²) in [4.78, 5) is 18.8. The van der Waals surface area contributed by atoms with E-state index >= 15 is 0 Å². The molecule has 1 aromatic heterocycles. The highest BCUT2D eigenvalue weighted by Crippen LogP contribution is 2.19. The number of aliphatic imine (C=N–C) groups is 1. The minimum Gasteiger partial charge on any atom is -0.369 e. The van der Waals surface area contributed by atoms with Crippen molar-refractivity contribution >= 4 is 23.2 Å². The number of nitrogens with one attached hydrogen (secondary N) is 2. The fraction of sp³-hybridized carbons (Fsp3) is 0.625. The van der Waals surface area contributed by atoms with Crippen molar-refractivity contribution in [1.29, 1.82) is 0 Å². The Bertz CT molecular complexity index is 509. The van der Waals surface area contributed by atoms with Crippen LogP contribution in [0.3, 0.4) is 0 Å². The number of hydrogen-bond acceptors (Lipinski definition) is 4. The Balaban J connectivity index is 1.72. The van der Waals surface area contributed by atoms with E-state index in [0.29, 0.717) is 18.5 Å². The Morgan fingerprint density at radius 3 is 2.83 bits per heavy atom. The standard InChI is InChI=1S/C16H27N5OS/c1-12(14-4-3-9-23-14)10-19-16(18-2)20-13-5-7-21(8-6-13)11-15(17)22/h3-4,9,12-13H,5-8,10-11H2,1-2H3,(H2,17,22)(H2,18,19,20). The monoisotopic (exact) mass is 337 g/mol. The van der Waals surface area contributed by atoms with Gasteiger partial charge in [0.25, 0.3) is 0 Å². The molecule has 4 N–H and O–H groups in total. The maximum absolute atomic E-state index is 11.0. The number of piperidine rings is 1. The normalized spacial score (nSPS) is 18.6. The summed E-state index contributed by atoms with van der Waals surface area (Å²) in [6, 6.07) is 4.65. The van der Waals surface area contributed by atoms with Gasteiger partial charge in [0.1, 0.15) is 0 Å². The van der Waals surface area contributed by atoms with Crippen LogP contribution < -0.4 is 16.4 Å². The highest BCUT2D eigenvalue weighted by atomic mass is 32.1. The lowest BCUT2D eigenvalue weighted by Gasteiger charge is -2.32. The lowest BCUT2D eigenvalue weighted by Crippen LogP contribution is -2.50. The van der Waals surface area contributed by atoms with E-state index in [0.717, 1.165) is 38.4 Å². The van der Waals surface area contributed by atoms with Crippen molar-refractivity contribution in [3.8, 4) is 0 Å². The average Bonchev–Trinajstić information content (AvgIpc) is 3.06. The van der Waals surface area contributed by atoms with Crippen molar-refractivity contribution in [3.05, 3.63) is 22.4 Å². The molecular weight excluding hydrogens is 310 g/mol. The lowest BCUT2D eigenvalue weighted by molar-refractivity contribution is -0.119. The van der Waals surface area contributed by atoms with Gasteiger partial charge in [-0.05, 0) is 24.3 Å². The van der Waals surface area contributed by atoms with Crippen molar-refractivity contribution in [3.63, 3.8) is 0 Å². The largest absolute Gasteiger partial charge is 0.369 e. The SMILES string of the molecule is CN=C(NCC(C)c1cccs1)NC1CCN(CC(N)=O)CC1. The van der Waals surface area contributed by atoms with Gasteiger partial charge in [-0.3, -0.25) is 14.7 Å². The molecule has 0 spiro atoms. The van der Waals surface area contributed by atoms with Crippen LogP contribution in [0, 0.1) is 0 Å². The zero-order valence-electron chi connectivity index (χ0n) is 13.9. The summed E-state index contributed by atoms with van der Waals surface area (Å²) in [5, 5.41) is 9.00. The van der Waals surface area contributed by atoms with Gasteiger partial charge >= 0.3 is 0 Å². The lowest BCUT2D eigenvalue weighted by atomic mass is 10.1. The first-order chi connectivity index (χ1) is 11.1. The van der Waals surface area contributed by atoms with Gasteiger partial charge in [0, 0.05) is 43.5 Å². The fourth-order valence-corrected chi connectivity index (χ4v) is 3.55. The number of thiophene rings is 1. The first kappa shape index (κ1) is 17.7. The quantitative estimate of drug-likeness (QED) is 0.533. The highest BCUT2D eigenvalue weighted by Gasteiger charge is 2.21. The van der Waals surface area contributed by atoms with Crippen LogP contribution in [0.5, 0.6) is 0 Å². The van der Waals surface area contributed by atoms with Crippen molar-refractivity contribution in [2.45, 2.75) is 31.7 Å². The van der Waals surface area contributed by atoms with Gasteiger partial charge in [-0.15, -0.1) is 11.3 Å². The summed E-state index contributed by atoms with van der Waals surface area (Å²) in [6.45, 7) is 5.22. The first-order valence-electron chi connectivity index (χ1n) is 8.09. The summed E-state index contributed by atoms with van der Waals surface area (Å²) >= 11 is 1.79. The van der Waals surface area contributed by atoms with Gasteiger partial charge in [-0.2, -0.15) is 0 Å². The smallest absolute Gasteiger partial charge is 0.231 e. The zero-order valence-corrected chi connectivity index (χ0v) is 14.7. The zero-order chi connectivity index (χ0) is 16.7. The molecule has 7 heteroatoms. The van der Waals surface area contributed by atoms with Crippen LogP contribution >= 0.6 is 11.3 Å². The minimum absolute atomic E-state index is 0.253. The summed E-state index contributed by atoms with van der Waals surface area (Å²) in [5.74, 6) is 1.06. The molecule has 0 bridgehead atoms. The Labute approximate surface area is 142 Å². The molecule has 0 aromatic carbocycles. The molecule has 1 aromatic rings. The van der Waals surface area contributed by atoms with E-state index in [1.807, 2.05) is 0 Å². The third-order valence-corrected chi connectivity index (χ3v) is 5.24. The predicted molar refractivity (Wildman–Crippen MR) is 95.9 cm³/mol. The Hall–Kier alpha value is -1.60. The molecular formula is C16H27N5OS. The number of amides is 1. The third kappa shape index (κ3) is 5.84. The van der Waals surface area contributed by atoms with Gasteiger partial charge in [-0.1, -0.05) is 13.0 Å². The van der Waals surface area contributed by atoms with Crippen molar-refractivity contribution in [1.82, 2.24) is 15.5 Å². The first-order valence-corrected chi connectivity index (χ1v) is 8.97. The fourth-order valence-electron chi connectivity index (χ4n) is 2.77. The number of nitrogens with zero attached hydrogens (tertiary/aromatic N) is 2. The van der Waals surface area contributed by atoms with Gasteiger partial charge in [0.05, 0.1) is 6.54 Å². The number of guanidine groups is 1. The Morgan fingerprint density at radius 1 is 1.52 bits per heavy atom. The molecule has 1 fully saturated rings. The molecule has 1 atom stereocenters. The van der Waals surface area contributed by atoms with Crippen LogP contribution in [0.25, 0.3) is 0 Å². The summed E-state index contributed by atoms with van der Waals surface area (Å²) < 4.78 is 0. The van der Waals surface area contributed by atoms with E-state index in [-0.39, 0.29) is 5.91 Å². The van der Waals surface area contributed by atoms with E-state index in [1.165, 1.54) is 4.88 Å². The molecule has 0 aliphatic carbocycles. The van der Waals surface area contributed by atoms with E-state index in [2.05, 4.69) is 45.0 Å². The van der Waals surface area contributed by atoms with Crippen molar-refractivity contribution in [2.75, 3.05) is 33.2 Å². The molecule has 1 saturated heterocycles. The molecule has 0 saturated carbocycles. The van der Waals surface area contributed by atoms with Crippen LogP contribution in [-0.2, 0) is 4.79 Å².